The number of hydrogen-bond acceptors (Lipinski definition) is 4. The Kier molecular flexibility index (Phi) is 5.62. The van der Waals surface area contributed by atoms with Crippen molar-refractivity contribution in [3.63, 3.8) is 0 Å². The highest BCUT2D eigenvalue weighted by atomic mass is 32.2. The molecule has 1 unspecified atom stereocenters. The summed E-state index contributed by atoms with van der Waals surface area (Å²) in [5.74, 6) is 0.248. The summed E-state index contributed by atoms with van der Waals surface area (Å²) < 4.78 is 33.5. The van der Waals surface area contributed by atoms with E-state index in [4.69, 9.17) is 4.74 Å². The lowest BCUT2D eigenvalue weighted by molar-refractivity contribution is -0.141. The van der Waals surface area contributed by atoms with E-state index < -0.39 is 10.2 Å². The van der Waals surface area contributed by atoms with Crippen LogP contribution in [0, 0.1) is 5.92 Å². The van der Waals surface area contributed by atoms with Crippen molar-refractivity contribution in [3.05, 3.63) is 0 Å². The molecule has 2 fully saturated rings. The fourth-order valence-corrected chi connectivity index (χ4v) is 5.01. The van der Waals surface area contributed by atoms with Crippen molar-refractivity contribution in [2.45, 2.75) is 51.5 Å². The van der Waals surface area contributed by atoms with Gasteiger partial charge in [-0.2, -0.15) is 17.0 Å². The maximum absolute atomic E-state index is 12.8. The Balaban J connectivity index is 2.09. The summed E-state index contributed by atoms with van der Waals surface area (Å²) >= 11 is 0. The zero-order valence-corrected chi connectivity index (χ0v) is 13.8. The monoisotopic (exact) mass is 318 g/mol. The molecule has 6 nitrogen and oxygen atoms in total. The molecule has 0 aromatic carbocycles. The van der Waals surface area contributed by atoms with Gasteiger partial charge in [-0.3, -0.25) is 4.79 Å². The second-order valence-electron chi connectivity index (χ2n) is 6.13. The summed E-state index contributed by atoms with van der Waals surface area (Å²) in [6.45, 7) is 3.84. The van der Waals surface area contributed by atoms with Crippen LogP contribution in [-0.2, 0) is 19.7 Å². The van der Waals surface area contributed by atoms with E-state index in [0.717, 1.165) is 32.1 Å². The van der Waals surface area contributed by atoms with Gasteiger partial charge in [0.1, 0.15) is 0 Å². The van der Waals surface area contributed by atoms with E-state index in [-0.39, 0.29) is 18.4 Å². The Morgan fingerprint density at radius 1 is 1.14 bits per heavy atom. The van der Waals surface area contributed by atoms with E-state index in [9.17, 15) is 13.2 Å². The number of methoxy groups -OCH3 is 1. The molecular weight excluding hydrogens is 292 g/mol. The van der Waals surface area contributed by atoms with Gasteiger partial charge in [0.25, 0.3) is 10.2 Å². The van der Waals surface area contributed by atoms with Crippen molar-refractivity contribution >= 4 is 16.2 Å². The Bertz CT molecular complexity index is 458. The van der Waals surface area contributed by atoms with Gasteiger partial charge in [-0.25, -0.2) is 0 Å². The fraction of sp³-hybridized carbons (Fsp3) is 0.929. The minimum Gasteiger partial charge on any atom is -0.469 e. The predicted molar refractivity (Wildman–Crippen MR) is 79.9 cm³/mol. The van der Waals surface area contributed by atoms with Crippen LogP contribution in [0.15, 0.2) is 0 Å². The average molecular weight is 318 g/mol. The molecule has 0 bridgehead atoms. The number of rotatable bonds is 4. The van der Waals surface area contributed by atoms with Gasteiger partial charge in [0.15, 0.2) is 0 Å². The molecule has 0 aromatic rings. The Labute approximate surface area is 127 Å². The van der Waals surface area contributed by atoms with Crippen LogP contribution in [0.3, 0.4) is 0 Å². The molecular formula is C14H26N2O4S. The highest BCUT2D eigenvalue weighted by Gasteiger charge is 2.38. The first-order valence-corrected chi connectivity index (χ1v) is 9.18. The largest absolute Gasteiger partial charge is 0.469 e. The summed E-state index contributed by atoms with van der Waals surface area (Å²) in [4.78, 5) is 11.5. The van der Waals surface area contributed by atoms with Crippen LogP contribution in [-0.4, -0.2) is 55.8 Å². The zero-order valence-electron chi connectivity index (χ0n) is 13.0. The lowest BCUT2D eigenvalue weighted by atomic mass is 10.0. The molecule has 0 amide bonds. The van der Waals surface area contributed by atoms with Crippen LogP contribution < -0.4 is 0 Å². The lowest BCUT2D eigenvalue weighted by Gasteiger charge is -2.39. The summed E-state index contributed by atoms with van der Waals surface area (Å²) in [5, 5.41) is 0. The van der Waals surface area contributed by atoms with Crippen LogP contribution in [0.4, 0.5) is 0 Å². The molecule has 2 rings (SSSR count). The highest BCUT2D eigenvalue weighted by Crippen LogP contribution is 2.27. The number of hydrogen-bond donors (Lipinski definition) is 0. The SMILES string of the molecule is COC(=O)CC1CCCCN1S(=O)(=O)N1CCC(C)CC1. The van der Waals surface area contributed by atoms with Gasteiger partial charge in [-0.15, -0.1) is 0 Å². The Hall–Kier alpha value is -0.660. The van der Waals surface area contributed by atoms with Crippen molar-refractivity contribution in [1.29, 1.82) is 0 Å². The molecule has 0 saturated carbocycles. The van der Waals surface area contributed by atoms with E-state index in [1.165, 1.54) is 11.4 Å². The minimum atomic E-state index is -3.45. The third-order valence-electron chi connectivity index (χ3n) is 4.57. The highest BCUT2D eigenvalue weighted by molar-refractivity contribution is 7.86. The van der Waals surface area contributed by atoms with Gasteiger partial charge in [0, 0.05) is 25.7 Å². The topological polar surface area (TPSA) is 66.9 Å². The minimum absolute atomic E-state index is 0.153. The Morgan fingerprint density at radius 3 is 2.43 bits per heavy atom. The first kappa shape index (κ1) is 16.7. The zero-order chi connectivity index (χ0) is 15.5. The Morgan fingerprint density at radius 2 is 1.81 bits per heavy atom. The summed E-state index contributed by atoms with van der Waals surface area (Å²) in [7, 11) is -2.11. The van der Waals surface area contributed by atoms with Gasteiger partial charge in [-0.1, -0.05) is 13.3 Å². The molecule has 0 aromatic heterocycles. The summed E-state index contributed by atoms with van der Waals surface area (Å²) in [5.41, 5.74) is 0. The van der Waals surface area contributed by atoms with Crippen LogP contribution in [0.2, 0.25) is 0 Å². The first-order valence-electron chi connectivity index (χ1n) is 7.79. The van der Waals surface area contributed by atoms with E-state index in [1.54, 1.807) is 4.31 Å². The molecule has 0 radical (unpaired) electrons. The van der Waals surface area contributed by atoms with Gasteiger partial charge >= 0.3 is 5.97 Å². The van der Waals surface area contributed by atoms with Gasteiger partial charge in [0.2, 0.25) is 0 Å². The van der Waals surface area contributed by atoms with E-state index >= 15 is 0 Å². The molecule has 0 aliphatic carbocycles. The van der Waals surface area contributed by atoms with Crippen molar-refractivity contribution in [3.8, 4) is 0 Å². The maximum Gasteiger partial charge on any atom is 0.307 e. The van der Waals surface area contributed by atoms with Crippen molar-refractivity contribution in [1.82, 2.24) is 8.61 Å². The second kappa shape index (κ2) is 7.07. The molecule has 2 aliphatic rings. The molecule has 0 N–H and O–H groups in total. The number of carbonyl (C=O) groups excluding carboxylic acids is 1. The summed E-state index contributed by atoms with van der Waals surface area (Å²) in [6, 6.07) is -0.254. The third-order valence-corrected chi connectivity index (χ3v) is 6.66. The van der Waals surface area contributed by atoms with E-state index in [1.807, 2.05) is 0 Å². The summed E-state index contributed by atoms with van der Waals surface area (Å²) in [6.07, 6.45) is 4.54. The van der Waals surface area contributed by atoms with Crippen molar-refractivity contribution in [2.24, 2.45) is 5.92 Å². The van der Waals surface area contributed by atoms with E-state index in [2.05, 4.69) is 6.92 Å². The van der Waals surface area contributed by atoms with Crippen LogP contribution in [0.5, 0.6) is 0 Å². The second-order valence-corrected chi connectivity index (χ2v) is 8.01. The molecule has 0 spiro atoms. The molecule has 2 saturated heterocycles. The quantitative estimate of drug-likeness (QED) is 0.735. The lowest BCUT2D eigenvalue weighted by Crippen LogP contribution is -2.52. The molecule has 7 heteroatoms. The van der Waals surface area contributed by atoms with Crippen LogP contribution >= 0.6 is 0 Å². The maximum atomic E-state index is 12.8. The third kappa shape index (κ3) is 3.96. The molecule has 2 heterocycles. The van der Waals surface area contributed by atoms with Gasteiger partial charge < -0.3 is 4.74 Å². The average Bonchev–Trinajstić information content (AvgIpc) is 2.48. The van der Waals surface area contributed by atoms with Crippen LogP contribution in [0.25, 0.3) is 0 Å². The van der Waals surface area contributed by atoms with E-state index in [0.29, 0.717) is 25.6 Å². The molecule has 2 aliphatic heterocycles. The molecule has 122 valence electrons. The molecule has 21 heavy (non-hydrogen) atoms. The van der Waals surface area contributed by atoms with Gasteiger partial charge in [0.05, 0.1) is 13.5 Å². The molecule has 1 atom stereocenters. The van der Waals surface area contributed by atoms with Crippen molar-refractivity contribution in [2.75, 3.05) is 26.7 Å². The number of piperidine rings is 2. The predicted octanol–water partition coefficient (Wildman–Crippen LogP) is 1.38. The van der Waals surface area contributed by atoms with Crippen LogP contribution in [0.1, 0.15) is 45.4 Å². The standard InChI is InChI=1S/C14H26N2O4S/c1-12-6-9-15(10-7-12)21(18,19)16-8-4-3-5-13(16)11-14(17)20-2/h12-13H,3-11H2,1-2H3. The number of carbonyl (C=O) groups is 1. The van der Waals surface area contributed by atoms with Gasteiger partial charge in [-0.05, 0) is 31.6 Å². The number of ether oxygens (including phenoxy) is 1. The van der Waals surface area contributed by atoms with Crippen molar-refractivity contribution < 1.29 is 17.9 Å². The fourth-order valence-electron chi connectivity index (χ4n) is 3.12. The first-order chi connectivity index (χ1) is 9.95. The number of esters is 1. The normalized spacial score (nSPS) is 26.7. The smallest absolute Gasteiger partial charge is 0.307 e. The number of nitrogens with zero attached hydrogens (tertiary/aromatic N) is 2.